The number of allylic oxidation sites excluding steroid dienone is 3. The van der Waals surface area contributed by atoms with E-state index in [0.29, 0.717) is 0 Å². The van der Waals surface area contributed by atoms with E-state index in [1.165, 1.54) is 44.3 Å². The summed E-state index contributed by atoms with van der Waals surface area (Å²) < 4.78 is 2.26. The molecule has 236 valence electrons. The van der Waals surface area contributed by atoms with Crippen molar-refractivity contribution in [2.45, 2.75) is 6.04 Å². The predicted molar refractivity (Wildman–Crippen MR) is 210 cm³/mol. The molecule has 7 aromatic rings. The van der Waals surface area contributed by atoms with Gasteiger partial charge < -0.3 is 4.90 Å². The van der Waals surface area contributed by atoms with Crippen molar-refractivity contribution in [1.29, 1.82) is 0 Å². The van der Waals surface area contributed by atoms with Crippen molar-refractivity contribution >= 4 is 62.7 Å². The molecule has 0 fully saturated rings. The standard InChI is InChI=1S/C46H32N4/c1-3-15-32(16-4-1)45-37-19-8-10-22-39(37)47-46(48-45)50-42-24-12-9-20-38(42)44-36(21-13-25-43(44)50)33-28-29-41-34(30-33)27-26-31-14-7-11-23-40(31)49(41)35-17-5-2-6-18-35/h1-30,37,45H. The largest absolute Gasteiger partial charge is 0.309 e. The summed E-state index contributed by atoms with van der Waals surface area (Å²) >= 11 is 0. The molecule has 6 aromatic carbocycles. The number of aromatic nitrogens is 1. The molecular weight excluding hydrogens is 609 g/mol. The van der Waals surface area contributed by atoms with E-state index in [0.717, 1.165) is 34.1 Å². The number of para-hydroxylation sites is 3. The van der Waals surface area contributed by atoms with Crippen LogP contribution in [0.1, 0.15) is 22.7 Å². The van der Waals surface area contributed by atoms with E-state index in [9.17, 15) is 0 Å². The SMILES string of the molecule is C1=CC2=NC(n3c4ccccc4c4c(-c5ccc6c(c5)C=Cc5ccccc5N6c5ccccc5)cccc43)=NC(c3ccccc3)C2C=C1. The van der Waals surface area contributed by atoms with Crippen molar-refractivity contribution in [1.82, 2.24) is 4.57 Å². The lowest BCUT2D eigenvalue weighted by atomic mass is 9.86. The highest BCUT2D eigenvalue weighted by molar-refractivity contribution is 6.21. The van der Waals surface area contributed by atoms with Crippen molar-refractivity contribution in [2.75, 3.05) is 4.90 Å². The minimum absolute atomic E-state index is 0.0626. The van der Waals surface area contributed by atoms with Crippen LogP contribution in [0.2, 0.25) is 0 Å². The van der Waals surface area contributed by atoms with Crippen LogP contribution in [0.3, 0.4) is 0 Å². The molecule has 1 aliphatic carbocycles. The topological polar surface area (TPSA) is 32.9 Å². The minimum Gasteiger partial charge on any atom is -0.309 e. The normalized spacial score (nSPS) is 17.6. The van der Waals surface area contributed by atoms with Gasteiger partial charge in [0.05, 0.1) is 34.2 Å². The van der Waals surface area contributed by atoms with Gasteiger partial charge in [0.2, 0.25) is 5.96 Å². The zero-order chi connectivity index (χ0) is 33.0. The fourth-order valence-corrected chi connectivity index (χ4v) is 7.85. The Balaban J connectivity index is 1.17. The second kappa shape index (κ2) is 11.6. The van der Waals surface area contributed by atoms with Crippen LogP contribution in [0.5, 0.6) is 0 Å². The van der Waals surface area contributed by atoms with E-state index in [1.807, 2.05) is 0 Å². The second-order valence-electron chi connectivity index (χ2n) is 13.0. The third kappa shape index (κ3) is 4.53. The van der Waals surface area contributed by atoms with Crippen LogP contribution in [0.25, 0.3) is 45.1 Å². The maximum absolute atomic E-state index is 5.40. The predicted octanol–water partition coefficient (Wildman–Crippen LogP) is 11.6. The third-order valence-electron chi connectivity index (χ3n) is 10.1. The lowest BCUT2D eigenvalue weighted by Crippen LogP contribution is -2.28. The van der Waals surface area contributed by atoms with Crippen LogP contribution in [0, 0.1) is 5.92 Å². The smallest absolute Gasteiger partial charge is 0.230 e. The number of rotatable bonds is 3. The van der Waals surface area contributed by atoms with Gasteiger partial charge in [-0.3, -0.25) is 4.57 Å². The van der Waals surface area contributed by atoms with Crippen LogP contribution in [-0.4, -0.2) is 16.2 Å². The molecule has 3 aliphatic rings. The number of benzene rings is 6. The zero-order valence-corrected chi connectivity index (χ0v) is 27.3. The van der Waals surface area contributed by atoms with Gasteiger partial charge >= 0.3 is 0 Å². The van der Waals surface area contributed by atoms with Gasteiger partial charge in [-0.05, 0) is 76.4 Å². The van der Waals surface area contributed by atoms with E-state index in [-0.39, 0.29) is 12.0 Å². The Labute approximate surface area is 291 Å². The van der Waals surface area contributed by atoms with Gasteiger partial charge in [0, 0.05) is 22.4 Å². The molecule has 2 atom stereocenters. The molecule has 0 bridgehead atoms. The Kier molecular flexibility index (Phi) is 6.59. The van der Waals surface area contributed by atoms with E-state index in [1.54, 1.807) is 0 Å². The number of hydrogen-bond donors (Lipinski definition) is 0. The summed E-state index contributed by atoms with van der Waals surface area (Å²) in [6, 6.07) is 51.9. The summed E-state index contributed by atoms with van der Waals surface area (Å²) in [5.41, 5.74) is 12.6. The molecular formula is C46H32N4. The second-order valence-corrected chi connectivity index (χ2v) is 13.0. The van der Waals surface area contributed by atoms with E-state index >= 15 is 0 Å². The molecule has 2 aliphatic heterocycles. The Hall–Kier alpha value is -6.52. The quantitative estimate of drug-likeness (QED) is 0.189. The Morgan fingerprint density at radius 3 is 2.20 bits per heavy atom. The summed E-state index contributed by atoms with van der Waals surface area (Å²) in [6.07, 6.45) is 13.0. The molecule has 0 saturated heterocycles. The van der Waals surface area contributed by atoms with Crippen LogP contribution < -0.4 is 4.90 Å². The summed E-state index contributed by atoms with van der Waals surface area (Å²) in [6.45, 7) is 0. The summed E-state index contributed by atoms with van der Waals surface area (Å²) in [7, 11) is 0. The number of hydrogen-bond acceptors (Lipinski definition) is 3. The lowest BCUT2D eigenvalue weighted by molar-refractivity contribution is 0.636. The van der Waals surface area contributed by atoms with Crippen molar-refractivity contribution in [3.63, 3.8) is 0 Å². The fraction of sp³-hybridized carbons (Fsp3) is 0.0435. The lowest BCUT2D eigenvalue weighted by Gasteiger charge is -2.28. The third-order valence-corrected chi connectivity index (χ3v) is 10.1. The van der Waals surface area contributed by atoms with Gasteiger partial charge in [0.1, 0.15) is 0 Å². The van der Waals surface area contributed by atoms with Crippen LogP contribution in [0.15, 0.2) is 180 Å². The number of aliphatic imine (C=N–C) groups is 2. The molecule has 0 N–H and O–H groups in total. The first-order chi connectivity index (χ1) is 24.8. The van der Waals surface area contributed by atoms with Crippen molar-refractivity contribution in [3.05, 3.63) is 187 Å². The van der Waals surface area contributed by atoms with Crippen molar-refractivity contribution in [2.24, 2.45) is 15.9 Å². The molecule has 1 aromatic heterocycles. The molecule has 0 amide bonds. The van der Waals surface area contributed by atoms with E-state index in [4.69, 9.17) is 9.98 Å². The summed E-state index contributed by atoms with van der Waals surface area (Å²) in [5.74, 6) is 0.818. The zero-order valence-electron chi connectivity index (χ0n) is 27.3. The average Bonchev–Trinajstić information content (AvgIpc) is 3.43. The monoisotopic (exact) mass is 640 g/mol. The van der Waals surface area contributed by atoms with Gasteiger partial charge in [-0.25, -0.2) is 9.98 Å². The molecule has 10 rings (SSSR count). The Morgan fingerprint density at radius 1 is 0.560 bits per heavy atom. The van der Waals surface area contributed by atoms with Gasteiger partial charge in [0.25, 0.3) is 0 Å². The maximum atomic E-state index is 5.40. The number of anilines is 3. The van der Waals surface area contributed by atoms with Crippen LogP contribution in [-0.2, 0) is 0 Å². The fourth-order valence-electron chi connectivity index (χ4n) is 7.85. The van der Waals surface area contributed by atoms with Crippen LogP contribution in [0.4, 0.5) is 17.1 Å². The molecule has 50 heavy (non-hydrogen) atoms. The van der Waals surface area contributed by atoms with Crippen LogP contribution >= 0.6 is 0 Å². The Bertz CT molecular complexity index is 2600. The highest BCUT2D eigenvalue weighted by atomic mass is 15.2. The van der Waals surface area contributed by atoms with Crippen molar-refractivity contribution < 1.29 is 0 Å². The molecule has 0 radical (unpaired) electrons. The molecule has 0 saturated carbocycles. The first-order valence-corrected chi connectivity index (χ1v) is 17.2. The Morgan fingerprint density at radius 2 is 1.30 bits per heavy atom. The van der Waals surface area contributed by atoms with E-state index < -0.39 is 0 Å². The highest BCUT2D eigenvalue weighted by Crippen LogP contribution is 2.45. The van der Waals surface area contributed by atoms with Gasteiger partial charge in [0.15, 0.2) is 0 Å². The van der Waals surface area contributed by atoms with Gasteiger partial charge in [-0.15, -0.1) is 0 Å². The minimum atomic E-state index is -0.0626. The molecule has 0 spiro atoms. The van der Waals surface area contributed by atoms with Gasteiger partial charge in [-0.1, -0.05) is 134 Å². The number of nitrogens with zero attached hydrogens (tertiary/aromatic N) is 4. The molecule has 4 nitrogen and oxygen atoms in total. The maximum Gasteiger partial charge on any atom is 0.230 e. The molecule has 2 unspecified atom stereocenters. The van der Waals surface area contributed by atoms with Crippen molar-refractivity contribution in [3.8, 4) is 11.1 Å². The average molecular weight is 641 g/mol. The van der Waals surface area contributed by atoms with Gasteiger partial charge in [-0.2, -0.15) is 0 Å². The molecule has 3 heterocycles. The summed E-state index contributed by atoms with van der Waals surface area (Å²) in [4.78, 5) is 13.0. The number of fused-ring (bicyclic) bond motifs is 6. The first-order valence-electron chi connectivity index (χ1n) is 17.2. The first kappa shape index (κ1) is 28.5. The molecule has 4 heteroatoms. The summed E-state index contributed by atoms with van der Waals surface area (Å²) in [5, 5.41) is 2.38. The highest BCUT2D eigenvalue weighted by Gasteiger charge is 2.31. The van der Waals surface area contributed by atoms with E-state index in [2.05, 4.69) is 192 Å².